The summed E-state index contributed by atoms with van der Waals surface area (Å²) in [6.45, 7) is 0.649. The lowest BCUT2D eigenvalue weighted by atomic mass is 9.95. The number of likely N-dealkylation sites (tertiary alicyclic amines) is 1. The van der Waals surface area contributed by atoms with E-state index in [0.717, 1.165) is 17.5 Å². The van der Waals surface area contributed by atoms with E-state index in [1.807, 2.05) is 35.2 Å². The first-order chi connectivity index (χ1) is 11.6. The number of hydrogen-bond donors (Lipinski definition) is 1. The molecule has 2 atom stereocenters. The average Bonchev–Trinajstić information content (AvgIpc) is 3.05. The SMILES string of the molecule is COc1ccccc1C(c1cccc(F)c1)N1CCCC1C(=O)O. The van der Waals surface area contributed by atoms with Crippen LogP contribution in [0.4, 0.5) is 4.39 Å². The van der Waals surface area contributed by atoms with Gasteiger partial charge in [0.15, 0.2) is 0 Å². The molecule has 1 N–H and O–H groups in total. The van der Waals surface area contributed by atoms with Crippen LogP contribution in [0.15, 0.2) is 48.5 Å². The first-order valence-corrected chi connectivity index (χ1v) is 7.98. The van der Waals surface area contributed by atoms with Gasteiger partial charge in [-0.3, -0.25) is 9.69 Å². The minimum Gasteiger partial charge on any atom is -0.496 e. The first kappa shape index (κ1) is 16.5. The topological polar surface area (TPSA) is 49.8 Å². The summed E-state index contributed by atoms with van der Waals surface area (Å²) in [5.74, 6) is -0.509. The van der Waals surface area contributed by atoms with Gasteiger partial charge in [0.05, 0.1) is 13.2 Å². The second-order valence-corrected chi connectivity index (χ2v) is 5.93. The number of para-hydroxylation sites is 1. The molecular formula is C19H20FNO3. The Bertz CT molecular complexity index is 734. The number of aliphatic carboxylic acids is 1. The number of carbonyl (C=O) groups is 1. The zero-order valence-electron chi connectivity index (χ0n) is 13.5. The van der Waals surface area contributed by atoms with Gasteiger partial charge < -0.3 is 9.84 Å². The zero-order chi connectivity index (χ0) is 17.1. The number of nitrogens with zero attached hydrogens (tertiary/aromatic N) is 1. The lowest BCUT2D eigenvalue weighted by Crippen LogP contribution is -2.39. The Morgan fingerprint density at radius 3 is 2.79 bits per heavy atom. The molecule has 0 spiro atoms. The predicted octanol–water partition coefficient (Wildman–Crippen LogP) is 3.47. The van der Waals surface area contributed by atoms with Gasteiger partial charge >= 0.3 is 5.97 Å². The molecule has 0 bridgehead atoms. The van der Waals surface area contributed by atoms with Gasteiger partial charge in [0.1, 0.15) is 17.6 Å². The number of hydrogen-bond acceptors (Lipinski definition) is 3. The van der Waals surface area contributed by atoms with Crippen molar-refractivity contribution in [3.05, 3.63) is 65.5 Å². The van der Waals surface area contributed by atoms with Crippen molar-refractivity contribution in [3.8, 4) is 5.75 Å². The highest BCUT2D eigenvalue weighted by atomic mass is 19.1. The standard InChI is InChI=1S/C19H20FNO3/c1-24-17-10-3-2-8-15(17)18(13-6-4-7-14(20)12-13)21-11-5-9-16(21)19(22)23/h2-4,6-8,10,12,16,18H,5,9,11H2,1H3,(H,22,23). The summed E-state index contributed by atoms with van der Waals surface area (Å²) in [6, 6.07) is 12.9. The fourth-order valence-corrected chi connectivity index (χ4v) is 3.48. The van der Waals surface area contributed by atoms with Crippen molar-refractivity contribution in [2.75, 3.05) is 13.7 Å². The number of carboxylic acids is 1. The Balaban J connectivity index is 2.12. The highest BCUT2D eigenvalue weighted by Gasteiger charge is 2.37. The molecule has 2 unspecified atom stereocenters. The fraction of sp³-hybridized carbons (Fsp3) is 0.316. The van der Waals surface area contributed by atoms with E-state index in [1.165, 1.54) is 12.1 Å². The monoisotopic (exact) mass is 329 g/mol. The van der Waals surface area contributed by atoms with Crippen LogP contribution in [-0.4, -0.2) is 35.7 Å². The number of carboxylic acid groups (broad SMARTS) is 1. The van der Waals surface area contributed by atoms with Crippen LogP contribution >= 0.6 is 0 Å². The van der Waals surface area contributed by atoms with Gasteiger partial charge in [0.25, 0.3) is 0 Å². The molecule has 1 aliphatic heterocycles. The van der Waals surface area contributed by atoms with E-state index in [1.54, 1.807) is 13.2 Å². The summed E-state index contributed by atoms with van der Waals surface area (Å²) < 4.78 is 19.3. The van der Waals surface area contributed by atoms with Gasteiger partial charge in [-0.1, -0.05) is 30.3 Å². The molecule has 1 saturated heterocycles. The van der Waals surface area contributed by atoms with E-state index < -0.39 is 12.0 Å². The van der Waals surface area contributed by atoms with Gasteiger partial charge in [-0.2, -0.15) is 0 Å². The third-order valence-corrected chi connectivity index (χ3v) is 4.51. The van der Waals surface area contributed by atoms with E-state index in [0.29, 0.717) is 18.7 Å². The molecule has 1 heterocycles. The first-order valence-electron chi connectivity index (χ1n) is 7.98. The van der Waals surface area contributed by atoms with Crippen LogP contribution in [0.25, 0.3) is 0 Å². The molecule has 0 radical (unpaired) electrons. The summed E-state index contributed by atoms with van der Waals surface area (Å²) in [6.07, 6.45) is 1.40. The lowest BCUT2D eigenvalue weighted by Gasteiger charge is -2.32. The molecule has 2 aromatic carbocycles. The van der Waals surface area contributed by atoms with Gasteiger partial charge in [0.2, 0.25) is 0 Å². The average molecular weight is 329 g/mol. The molecule has 3 rings (SSSR count). The Hall–Kier alpha value is -2.40. The molecular weight excluding hydrogens is 309 g/mol. The van der Waals surface area contributed by atoms with E-state index in [-0.39, 0.29) is 11.9 Å². The quantitative estimate of drug-likeness (QED) is 0.912. The van der Waals surface area contributed by atoms with E-state index in [9.17, 15) is 14.3 Å². The fourth-order valence-electron chi connectivity index (χ4n) is 3.48. The Kier molecular flexibility index (Phi) is 4.81. The maximum absolute atomic E-state index is 13.8. The maximum Gasteiger partial charge on any atom is 0.320 e. The van der Waals surface area contributed by atoms with Crippen molar-refractivity contribution >= 4 is 5.97 Å². The molecule has 24 heavy (non-hydrogen) atoms. The van der Waals surface area contributed by atoms with Crippen LogP contribution in [0.3, 0.4) is 0 Å². The molecule has 0 aliphatic carbocycles. The summed E-state index contributed by atoms with van der Waals surface area (Å²) >= 11 is 0. The molecule has 1 aliphatic rings. The molecule has 2 aromatic rings. The van der Waals surface area contributed by atoms with Crippen molar-refractivity contribution in [1.82, 2.24) is 4.90 Å². The number of halogens is 1. The second-order valence-electron chi connectivity index (χ2n) is 5.93. The smallest absolute Gasteiger partial charge is 0.320 e. The molecule has 5 heteroatoms. The minimum atomic E-state index is -0.844. The third-order valence-electron chi connectivity index (χ3n) is 4.51. The van der Waals surface area contributed by atoms with Crippen molar-refractivity contribution in [2.45, 2.75) is 24.9 Å². The van der Waals surface area contributed by atoms with Gasteiger partial charge in [-0.25, -0.2) is 4.39 Å². The second kappa shape index (κ2) is 7.01. The van der Waals surface area contributed by atoms with Crippen LogP contribution in [0.1, 0.15) is 30.0 Å². The van der Waals surface area contributed by atoms with E-state index in [2.05, 4.69) is 0 Å². The highest BCUT2D eigenvalue weighted by molar-refractivity contribution is 5.74. The Morgan fingerprint density at radius 1 is 1.29 bits per heavy atom. The molecule has 0 amide bonds. The number of rotatable bonds is 5. The van der Waals surface area contributed by atoms with Crippen LogP contribution in [-0.2, 0) is 4.79 Å². The number of methoxy groups -OCH3 is 1. The molecule has 0 saturated carbocycles. The molecule has 0 aromatic heterocycles. The van der Waals surface area contributed by atoms with Crippen molar-refractivity contribution in [3.63, 3.8) is 0 Å². The van der Waals surface area contributed by atoms with Crippen LogP contribution in [0.5, 0.6) is 5.75 Å². The Labute approximate surface area is 140 Å². The lowest BCUT2D eigenvalue weighted by molar-refractivity contribution is -0.142. The van der Waals surface area contributed by atoms with Crippen LogP contribution < -0.4 is 4.74 Å². The van der Waals surface area contributed by atoms with E-state index >= 15 is 0 Å². The highest BCUT2D eigenvalue weighted by Crippen LogP contribution is 2.38. The molecule has 126 valence electrons. The summed E-state index contributed by atoms with van der Waals surface area (Å²) in [5, 5.41) is 9.56. The molecule has 1 fully saturated rings. The predicted molar refractivity (Wildman–Crippen MR) is 88.6 cm³/mol. The number of benzene rings is 2. The van der Waals surface area contributed by atoms with Crippen molar-refractivity contribution < 1.29 is 19.0 Å². The summed E-state index contributed by atoms with van der Waals surface area (Å²) in [5.41, 5.74) is 1.58. The van der Waals surface area contributed by atoms with Gasteiger partial charge in [-0.05, 0) is 36.6 Å². The Morgan fingerprint density at radius 2 is 2.08 bits per heavy atom. The van der Waals surface area contributed by atoms with Gasteiger partial charge in [-0.15, -0.1) is 0 Å². The zero-order valence-corrected chi connectivity index (χ0v) is 13.5. The molecule has 4 nitrogen and oxygen atoms in total. The van der Waals surface area contributed by atoms with Gasteiger partial charge in [0, 0.05) is 12.1 Å². The van der Waals surface area contributed by atoms with Crippen molar-refractivity contribution in [1.29, 1.82) is 0 Å². The minimum absolute atomic E-state index is 0.335. The summed E-state index contributed by atoms with van der Waals surface area (Å²) in [4.78, 5) is 13.6. The summed E-state index contributed by atoms with van der Waals surface area (Å²) in [7, 11) is 1.58. The largest absolute Gasteiger partial charge is 0.496 e. The maximum atomic E-state index is 13.8. The third kappa shape index (κ3) is 3.12. The van der Waals surface area contributed by atoms with Crippen LogP contribution in [0.2, 0.25) is 0 Å². The van der Waals surface area contributed by atoms with Crippen molar-refractivity contribution in [2.24, 2.45) is 0 Å². The number of ether oxygens (including phenoxy) is 1. The van der Waals surface area contributed by atoms with E-state index in [4.69, 9.17) is 4.74 Å². The normalized spacial score (nSPS) is 19.2. The van der Waals surface area contributed by atoms with Crippen LogP contribution in [0, 0.1) is 5.82 Å².